The first-order valence-electron chi connectivity index (χ1n) is 6.86. The van der Waals surface area contributed by atoms with Crippen molar-refractivity contribution < 1.29 is 9.72 Å². The zero-order valence-corrected chi connectivity index (χ0v) is 12.5. The summed E-state index contributed by atoms with van der Waals surface area (Å²) in [5, 5.41) is 17.0. The molecule has 116 valence electrons. The fourth-order valence-electron chi connectivity index (χ4n) is 2.45. The molecule has 7 heteroatoms. The molecule has 21 heavy (non-hydrogen) atoms. The summed E-state index contributed by atoms with van der Waals surface area (Å²) in [7, 11) is 0. The maximum Gasteiger partial charge on any atom is 0.273 e. The molecule has 0 bridgehead atoms. The van der Waals surface area contributed by atoms with E-state index in [9.17, 15) is 14.9 Å². The lowest BCUT2D eigenvalue weighted by Crippen LogP contribution is -2.28. The molecular weight excluding hydrogens is 294 g/mol. The average molecular weight is 314 g/mol. The molecule has 0 aromatic heterocycles. The van der Waals surface area contributed by atoms with Crippen LogP contribution >= 0.6 is 12.4 Å². The molecule has 1 aliphatic heterocycles. The van der Waals surface area contributed by atoms with Gasteiger partial charge in [-0.2, -0.15) is 0 Å². The third-order valence-corrected chi connectivity index (χ3v) is 3.58. The largest absolute Gasteiger partial charge is 0.356 e. The van der Waals surface area contributed by atoms with Crippen LogP contribution in [0.5, 0.6) is 0 Å². The molecule has 0 aliphatic carbocycles. The number of nitro benzene ring substituents is 1. The highest BCUT2D eigenvalue weighted by atomic mass is 35.5. The van der Waals surface area contributed by atoms with Gasteiger partial charge in [-0.1, -0.05) is 18.2 Å². The summed E-state index contributed by atoms with van der Waals surface area (Å²) in [5.74, 6) is 0.464. The molecule has 2 rings (SSSR count). The highest BCUT2D eigenvalue weighted by Gasteiger charge is 2.16. The van der Waals surface area contributed by atoms with Gasteiger partial charge < -0.3 is 10.6 Å². The number of halogens is 1. The van der Waals surface area contributed by atoms with Crippen molar-refractivity contribution >= 4 is 24.0 Å². The Bertz CT molecular complexity index is 490. The maximum atomic E-state index is 11.8. The van der Waals surface area contributed by atoms with E-state index in [1.165, 1.54) is 6.07 Å². The molecule has 1 fully saturated rings. The SMILES string of the molecule is Cl.O=C(Cc1ccccc1[N+](=O)[O-])NCCC1CCNC1. The number of hydrogen-bond acceptors (Lipinski definition) is 4. The van der Waals surface area contributed by atoms with Gasteiger partial charge in [0.2, 0.25) is 5.91 Å². The van der Waals surface area contributed by atoms with Crippen molar-refractivity contribution in [3.05, 3.63) is 39.9 Å². The summed E-state index contributed by atoms with van der Waals surface area (Å²) in [5.41, 5.74) is 0.458. The lowest BCUT2D eigenvalue weighted by Gasteiger charge is -2.09. The molecule has 0 saturated carbocycles. The quantitative estimate of drug-likeness (QED) is 0.618. The normalized spacial score (nSPS) is 17.0. The minimum atomic E-state index is -0.452. The molecule has 1 saturated heterocycles. The number of amides is 1. The van der Waals surface area contributed by atoms with E-state index in [0.717, 1.165) is 25.9 Å². The summed E-state index contributed by atoms with van der Waals surface area (Å²) >= 11 is 0. The maximum absolute atomic E-state index is 11.8. The van der Waals surface area contributed by atoms with Gasteiger partial charge in [-0.3, -0.25) is 14.9 Å². The highest BCUT2D eigenvalue weighted by molar-refractivity contribution is 5.85. The zero-order valence-electron chi connectivity index (χ0n) is 11.7. The van der Waals surface area contributed by atoms with Crippen LogP contribution in [0, 0.1) is 16.0 Å². The number of carbonyl (C=O) groups is 1. The Morgan fingerprint density at radius 2 is 2.19 bits per heavy atom. The molecule has 1 aromatic rings. The highest BCUT2D eigenvalue weighted by Crippen LogP contribution is 2.18. The van der Waals surface area contributed by atoms with Crippen LogP contribution in [0.3, 0.4) is 0 Å². The van der Waals surface area contributed by atoms with Crippen LogP contribution < -0.4 is 10.6 Å². The summed E-state index contributed by atoms with van der Waals surface area (Å²) < 4.78 is 0. The van der Waals surface area contributed by atoms with Gasteiger partial charge in [0.1, 0.15) is 0 Å². The van der Waals surface area contributed by atoms with E-state index in [1.807, 2.05) is 0 Å². The molecule has 0 spiro atoms. The number of hydrogen-bond donors (Lipinski definition) is 2. The molecule has 1 unspecified atom stereocenters. The van der Waals surface area contributed by atoms with Crippen LogP contribution in [0.4, 0.5) is 5.69 Å². The minimum absolute atomic E-state index is 0. The Morgan fingerprint density at radius 1 is 1.43 bits per heavy atom. The third-order valence-electron chi connectivity index (χ3n) is 3.58. The van der Waals surface area contributed by atoms with Gasteiger partial charge in [0.25, 0.3) is 5.69 Å². The Labute approximate surface area is 129 Å². The molecule has 0 radical (unpaired) electrons. The molecule has 1 aromatic carbocycles. The third kappa shape index (κ3) is 5.32. The number of benzene rings is 1. The van der Waals surface area contributed by atoms with Crippen LogP contribution in [-0.2, 0) is 11.2 Å². The fraction of sp³-hybridized carbons (Fsp3) is 0.500. The average Bonchev–Trinajstić information content (AvgIpc) is 2.92. The first-order valence-corrected chi connectivity index (χ1v) is 6.86. The molecule has 1 atom stereocenters. The first kappa shape index (κ1) is 17.4. The second-order valence-corrected chi connectivity index (χ2v) is 5.06. The summed E-state index contributed by atoms with van der Waals surface area (Å²) in [6.07, 6.45) is 2.16. The van der Waals surface area contributed by atoms with E-state index in [-0.39, 0.29) is 30.4 Å². The molecule has 2 N–H and O–H groups in total. The summed E-state index contributed by atoms with van der Waals surface area (Å²) in [6.45, 7) is 2.70. The number of para-hydroxylation sites is 1. The van der Waals surface area contributed by atoms with E-state index in [4.69, 9.17) is 0 Å². The van der Waals surface area contributed by atoms with Gasteiger partial charge in [0.15, 0.2) is 0 Å². The molecule has 1 amide bonds. The first-order chi connectivity index (χ1) is 9.66. The molecule has 1 heterocycles. The van der Waals surface area contributed by atoms with Gasteiger partial charge in [0.05, 0.1) is 11.3 Å². The predicted octanol–water partition coefficient (Wildman–Crippen LogP) is 1.67. The van der Waals surface area contributed by atoms with Crippen LogP contribution in [0.25, 0.3) is 0 Å². The lowest BCUT2D eigenvalue weighted by atomic mass is 10.1. The Balaban J connectivity index is 0.00000220. The second kappa shape index (κ2) is 8.59. The zero-order chi connectivity index (χ0) is 14.4. The van der Waals surface area contributed by atoms with E-state index in [1.54, 1.807) is 18.2 Å². The van der Waals surface area contributed by atoms with Gasteiger partial charge >= 0.3 is 0 Å². The van der Waals surface area contributed by atoms with Crippen LogP contribution in [0.2, 0.25) is 0 Å². The van der Waals surface area contributed by atoms with Crippen LogP contribution in [0.1, 0.15) is 18.4 Å². The van der Waals surface area contributed by atoms with Gasteiger partial charge in [-0.15, -0.1) is 12.4 Å². The minimum Gasteiger partial charge on any atom is -0.356 e. The topological polar surface area (TPSA) is 84.3 Å². The van der Waals surface area contributed by atoms with E-state index < -0.39 is 4.92 Å². The van der Waals surface area contributed by atoms with Crippen molar-refractivity contribution in [2.24, 2.45) is 5.92 Å². The van der Waals surface area contributed by atoms with Gasteiger partial charge in [-0.05, 0) is 31.8 Å². The van der Waals surface area contributed by atoms with E-state index in [2.05, 4.69) is 10.6 Å². The number of nitro groups is 1. The Kier molecular flexibility index (Phi) is 7.11. The standard InChI is InChI=1S/C14H19N3O3.ClH/c18-14(16-8-6-11-5-7-15-10-11)9-12-3-1-2-4-13(12)17(19)20;/h1-4,11,15H,5-10H2,(H,16,18);1H. The number of nitrogens with zero attached hydrogens (tertiary/aromatic N) is 1. The lowest BCUT2D eigenvalue weighted by molar-refractivity contribution is -0.385. The monoisotopic (exact) mass is 313 g/mol. The fourth-order valence-corrected chi connectivity index (χ4v) is 2.45. The molecule has 6 nitrogen and oxygen atoms in total. The number of rotatable bonds is 6. The van der Waals surface area contributed by atoms with Crippen molar-refractivity contribution in [2.45, 2.75) is 19.3 Å². The van der Waals surface area contributed by atoms with E-state index >= 15 is 0 Å². The Morgan fingerprint density at radius 3 is 2.86 bits per heavy atom. The predicted molar refractivity (Wildman–Crippen MR) is 82.7 cm³/mol. The van der Waals surface area contributed by atoms with Crippen molar-refractivity contribution in [1.82, 2.24) is 10.6 Å². The Hall–Kier alpha value is -1.66. The number of nitrogens with one attached hydrogen (secondary N) is 2. The van der Waals surface area contributed by atoms with Gasteiger partial charge in [0, 0.05) is 18.2 Å². The summed E-state index contributed by atoms with van der Waals surface area (Å²) in [6, 6.07) is 6.36. The summed E-state index contributed by atoms with van der Waals surface area (Å²) in [4.78, 5) is 22.2. The number of carbonyl (C=O) groups excluding carboxylic acids is 1. The van der Waals surface area contributed by atoms with Crippen molar-refractivity contribution in [3.8, 4) is 0 Å². The van der Waals surface area contributed by atoms with E-state index in [0.29, 0.717) is 18.0 Å². The van der Waals surface area contributed by atoms with Crippen molar-refractivity contribution in [2.75, 3.05) is 19.6 Å². The van der Waals surface area contributed by atoms with Crippen LogP contribution in [-0.4, -0.2) is 30.5 Å². The molecule has 1 aliphatic rings. The van der Waals surface area contributed by atoms with Crippen molar-refractivity contribution in [1.29, 1.82) is 0 Å². The van der Waals surface area contributed by atoms with Crippen LogP contribution in [0.15, 0.2) is 24.3 Å². The van der Waals surface area contributed by atoms with Crippen molar-refractivity contribution in [3.63, 3.8) is 0 Å². The van der Waals surface area contributed by atoms with Gasteiger partial charge in [-0.25, -0.2) is 0 Å². The second-order valence-electron chi connectivity index (χ2n) is 5.06. The molecular formula is C14H20ClN3O3. The smallest absolute Gasteiger partial charge is 0.273 e.